The van der Waals surface area contributed by atoms with Crippen molar-refractivity contribution in [3.63, 3.8) is 0 Å². The highest BCUT2D eigenvalue weighted by atomic mass is 35.5. The first-order chi connectivity index (χ1) is 27.5. The van der Waals surface area contributed by atoms with Gasteiger partial charge in [0.1, 0.15) is 34.2 Å². The van der Waals surface area contributed by atoms with Crippen molar-refractivity contribution >= 4 is 56.1 Å². The molecule has 2 amide bonds. The Bertz CT molecular complexity index is 2130. The predicted octanol–water partition coefficient (Wildman–Crippen LogP) is 7.06. The van der Waals surface area contributed by atoms with Crippen LogP contribution in [-0.4, -0.2) is 90.9 Å². The lowest BCUT2D eigenvalue weighted by Crippen LogP contribution is -2.49. The lowest BCUT2D eigenvalue weighted by Gasteiger charge is -2.33. The van der Waals surface area contributed by atoms with Crippen LogP contribution in [-0.2, 0) is 33.9 Å². The molecule has 6 rings (SSSR count). The van der Waals surface area contributed by atoms with Crippen molar-refractivity contribution in [2.24, 2.45) is 29.1 Å². The Labute approximate surface area is 345 Å². The van der Waals surface area contributed by atoms with Crippen LogP contribution >= 0.6 is 11.6 Å². The lowest BCUT2D eigenvalue weighted by molar-refractivity contribution is -0.257. The van der Waals surface area contributed by atoms with Gasteiger partial charge in [0.15, 0.2) is 5.78 Å². The molecule has 2 aliphatic heterocycles. The number of aromatic nitrogens is 1. The standard InChI is InChI=1S/C41H50ClF4N3O9S/c1-23-8-6-7-9-25-19-40(25,37(53)48-59(54,55)39(22-43)12-13-39)20-32(50)31-16-27(57-33-18-34(42)47-30-15-26(56-5)10-11-28(30)33)21-49(31)36(52)29(24(2)14-23)17-35(51)58-38(3,4)41(44,45)46/h7,9-11,15,18,23-25,27,29,31H,6,8,12-14,16-17,19-22H2,1-5H3,(H,48,53)/b9-7-/t23-,24-,25-,27-,29+,31+,40-/m1/s1. The Hall–Kier alpha value is -3.99. The molecule has 1 aromatic carbocycles. The van der Waals surface area contributed by atoms with Gasteiger partial charge < -0.3 is 19.1 Å². The van der Waals surface area contributed by atoms with Gasteiger partial charge in [-0.3, -0.25) is 23.9 Å². The number of alkyl halides is 4. The summed E-state index contributed by atoms with van der Waals surface area (Å²) in [4.78, 5) is 62.3. The maximum Gasteiger partial charge on any atom is 0.427 e. The third-order valence-corrected chi connectivity index (χ3v) is 14.8. The van der Waals surface area contributed by atoms with Crippen molar-refractivity contribution in [1.82, 2.24) is 14.6 Å². The van der Waals surface area contributed by atoms with Crippen molar-refractivity contribution in [2.45, 2.75) is 114 Å². The zero-order chi connectivity index (χ0) is 43.3. The number of benzene rings is 1. The Morgan fingerprint density at radius 1 is 1.10 bits per heavy atom. The molecule has 3 fully saturated rings. The predicted molar refractivity (Wildman–Crippen MR) is 209 cm³/mol. The van der Waals surface area contributed by atoms with Crippen LogP contribution < -0.4 is 14.2 Å². The SMILES string of the molecule is COc1ccc2c(O[C@@H]3C[C@H]4C(=O)C[C@]5(C(=O)NS(=O)(=O)C6(CF)CC6)C[C@H]5/C=C\CC[C@@H](C)C[C@@H](C)[C@H](CC(=O)OC(C)(C)C(F)(F)F)C(=O)N4C3)cc(Cl)nc2c1. The molecule has 2 saturated carbocycles. The minimum Gasteiger partial charge on any atom is -0.497 e. The number of esters is 1. The molecule has 12 nitrogen and oxygen atoms in total. The molecule has 324 valence electrons. The topological polar surface area (TPSA) is 158 Å². The Morgan fingerprint density at radius 3 is 2.46 bits per heavy atom. The number of ether oxygens (including phenoxy) is 3. The molecule has 1 N–H and O–H groups in total. The molecule has 18 heteroatoms. The van der Waals surface area contributed by atoms with Crippen molar-refractivity contribution in [1.29, 1.82) is 0 Å². The monoisotopic (exact) mass is 871 g/mol. The van der Waals surface area contributed by atoms with Gasteiger partial charge >= 0.3 is 12.1 Å². The molecule has 4 aliphatic rings. The average molecular weight is 872 g/mol. The number of carbonyl (C=O) groups is 4. The second kappa shape index (κ2) is 16.5. The molecule has 0 bridgehead atoms. The number of Topliss-reactive ketones (excluding diaryl/α,β-unsaturated/α-hetero) is 1. The van der Waals surface area contributed by atoms with Gasteiger partial charge in [-0.05, 0) is 82.3 Å². The Balaban J connectivity index is 1.36. The maximum absolute atomic E-state index is 14.8. The van der Waals surface area contributed by atoms with E-state index in [1.54, 1.807) is 31.2 Å². The van der Waals surface area contributed by atoms with Crippen LogP contribution in [0.4, 0.5) is 17.6 Å². The summed E-state index contributed by atoms with van der Waals surface area (Å²) in [6.07, 6.45) is -1.61. The van der Waals surface area contributed by atoms with Crippen molar-refractivity contribution < 1.29 is 59.4 Å². The summed E-state index contributed by atoms with van der Waals surface area (Å²) in [7, 11) is -2.94. The number of hydrogen-bond acceptors (Lipinski definition) is 10. The van der Waals surface area contributed by atoms with Gasteiger partial charge in [-0.2, -0.15) is 13.2 Å². The number of amides is 2. The molecule has 2 aromatic rings. The number of hydrogen-bond donors (Lipinski definition) is 1. The van der Waals surface area contributed by atoms with E-state index in [9.17, 15) is 45.2 Å². The van der Waals surface area contributed by atoms with E-state index in [1.165, 1.54) is 18.1 Å². The maximum atomic E-state index is 14.8. The molecule has 59 heavy (non-hydrogen) atoms. The molecule has 1 saturated heterocycles. The lowest BCUT2D eigenvalue weighted by atomic mass is 9.82. The van der Waals surface area contributed by atoms with Crippen molar-refractivity contribution in [2.75, 3.05) is 20.3 Å². The summed E-state index contributed by atoms with van der Waals surface area (Å²) < 4.78 is 98.6. The van der Waals surface area contributed by atoms with Gasteiger partial charge in [0, 0.05) is 30.4 Å². The number of halogens is 5. The van der Waals surface area contributed by atoms with Crippen LogP contribution in [0.15, 0.2) is 36.4 Å². The average Bonchev–Trinajstić information content (AvgIpc) is 4.05. The number of methoxy groups -OCH3 is 1. The molecule has 3 heterocycles. The van der Waals surface area contributed by atoms with Gasteiger partial charge in [0.2, 0.25) is 27.4 Å². The number of nitrogens with zero attached hydrogens (tertiary/aromatic N) is 2. The minimum absolute atomic E-state index is 0.0269. The molecule has 0 unspecified atom stereocenters. The van der Waals surface area contributed by atoms with Crippen LogP contribution in [0.2, 0.25) is 5.15 Å². The second-order valence-corrected chi connectivity index (χ2v) is 19.7. The van der Waals surface area contributed by atoms with E-state index < -0.39 is 105 Å². The Morgan fingerprint density at radius 2 is 1.81 bits per heavy atom. The quantitative estimate of drug-likeness (QED) is 0.113. The van der Waals surface area contributed by atoms with Crippen molar-refractivity contribution in [3.8, 4) is 11.5 Å². The summed E-state index contributed by atoms with van der Waals surface area (Å²) in [5.41, 5.74) is -3.92. The largest absolute Gasteiger partial charge is 0.497 e. The number of nitrogens with one attached hydrogen (secondary N) is 1. The first kappa shape index (κ1) is 44.6. The normalized spacial score (nSPS) is 29.4. The van der Waals surface area contributed by atoms with Gasteiger partial charge in [-0.1, -0.05) is 37.6 Å². The minimum atomic E-state index is -4.89. The molecule has 0 spiro atoms. The number of pyridine rings is 1. The van der Waals surface area contributed by atoms with Gasteiger partial charge in [0.25, 0.3) is 0 Å². The zero-order valence-electron chi connectivity index (χ0n) is 33.6. The second-order valence-electron chi connectivity index (χ2n) is 17.3. The van der Waals surface area contributed by atoms with Crippen LogP contribution in [0.25, 0.3) is 10.9 Å². The zero-order valence-corrected chi connectivity index (χ0v) is 35.1. The molecular formula is C41H50ClF4N3O9S. The number of ketones is 1. The fourth-order valence-corrected chi connectivity index (χ4v) is 9.99. The van der Waals surface area contributed by atoms with Crippen LogP contribution in [0, 0.1) is 29.1 Å². The first-order valence-corrected chi connectivity index (χ1v) is 21.6. The van der Waals surface area contributed by atoms with E-state index in [1.807, 2.05) is 13.0 Å². The number of allylic oxidation sites excluding steroid dienone is 2. The van der Waals surface area contributed by atoms with Crippen LogP contribution in [0.1, 0.15) is 85.5 Å². The Kier molecular flexibility index (Phi) is 12.4. The summed E-state index contributed by atoms with van der Waals surface area (Å²) in [6, 6.07) is 5.27. The van der Waals surface area contributed by atoms with E-state index in [2.05, 4.69) is 9.71 Å². The number of carbonyl (C=O) groups excluding carboxylic acids is 4. The van der Waals surface area contributed by atoms with E-state index in [0.29, 0.717) is 35.9 Å². The summed E-state index contributed by atoms with van der Waals surface area (Å²) in [5.74, 6) is -4.98. The molecular weight excluding hydrogens is 822 g/mol. The van der Waals surface area contributed by atoms with Gasteiger partial charge in [-0.15, -0.1) is 0 Å². The number of sulfonamides is 1. The third-order valence-electron chi connectivity index (χ3n) is 12.5. The van der Waals surface area contributed by atoms with Crippen molar-refractivity contribution in [3.05, 3.63) is 41.6 Å². The van der Waals surface area contributed by atoms with E-state index in [4.69, 9.17) is 25.8 Å². The van der Waals surface area contributed by atoms with E-state index in [0.717, 1.165) is 13.8 Å². The molecule has 1 aromatic heterocycles. The van der Waals surface area contributed by atoms with E-state index in [-0.39, 0.29) is 49.0 Å². The molecule has 2 aliphatic carbocycles. The highest BCUT2D eigenvalue weighted by molar-refractivity contribution is 7.91. The number of rotatable bonds is 10. The third kappa shape index (κ3) is 9.20. The number of fused-ring (bicyclic) bond motifs is 3. The van der Waals surface area contributed by atoms with E-state index >= 15 is 0 Å². The smallest absolute Gasteiger partial charge is 0.427 e. The fourth-order valence-electron chi connectivity index (χ4n) is 8.35. The summed E-state index contributed by atoms with van der Waals surface area (Å²) in [6.45, 7) is 3.75. The van der Waals surface area contributed by atoms with Crippen LogP contribution in [0.3, 0.4) is 0 Å². The molecule has 0 radical (unpaired) electrons. The first-order valence-electron chi connectivity index (χ1n) is 19.8. The van der Waals surface area contributed by atoms with Crippen LogP contribution in [0.5, 0.6) is 11.5 Å². The highest BCUT2D eigenvalue weighted by Gasteiger charge is 2.63. The summed E-state index contributed by atoms with van der Waals surface area (Å²) >= 11 is 6.37. The highest BCUT2D eigenvalue weighted by Crippen LogP contribution is 2.58. The fraction of sp³-hybridized carbons (Fsp3) is 0.634. The van der Waals surface area contributed by atoms with Gasteiger partial charge in [0.05, 0.1) is 43.0 Å². The molecule has 7 atom stereocenters. The van der Waals surface area contributed by atoms with Gasteiger partial charge in [-0.25, -0.2) is 17.8 Å². The summed E-state index contributed by atoms with van der Waals surface area (Å²) in [5, 5.41) is 0.625.